The molecule has 1 aromatic heterocycles. The van der Waals surface area contributed by atoms with Crippen LogP contribution in [0.2, 0.25) is 10.0 Å². The molecule has 0 radical (unpaired) electrons. The standard InChI is InChI=1S/C21H23Cl2N5O2S/c1-12(17-9-6-15(22)11-18(17)23)25-20(29)13(2)31-21-27-26-19(28(21)24)10-14-4-7-16(30-3)8-5-14/h4-9,11-13H,10,24H2,1-3H3,(H,25,29)/t12-,13+/m1/s1. The third-order valence-corrected chi connectivity index (χ3v) is 6.31. The third-order valence-electron chi connectivity index (χ3n) is 4.70. The second kappa shape index (κ2) is 10.3. The number of amides is 1. The molecule has 164 valence electrons. The first-order chi connectivity index (χ1) is 14.8. The molecule has 0 saturated carbocycles. The van der Waals surface area contributed by atoms with Gasteiger partial charge in [0.05, 0.1) is 18.4 Å². The number of hydrogen-bond acceptors (Lipinski definition) is 6. The number of halogens is 2. The maximum Gasteiger partial charge on any atom is 0.233 e. The molecule has 3 N–H and O–H groups in total. The number of carbonyl (C=O) groups excluding carboxylic acids is 1. The smallest absolute Gasteiger partial charge is 0.233 e. The molecule has 0 aliphatic rings. The molecule has 0 bridgehead atoms. The number of ether oxygens (including phenoxy) is 1. The number of benzene rings is 2. The molecule has 3 aromatic rings. The van der Waals surface area contributed by atoms with Crippen LogP contribution in [0.5, 0.6) is 5.75 Å². The monoisotopic (exact) mass is 479 g/mol. The molecule has 2 atom stereocenters. The van der Waals surface area contributed by atoms with Gasteiger partial charge in [0.25, 0.3) is 0 Å². The summed E-state index contributed by atoms with van der Waals surface area (Å²) >= 11 is 13.4. The topological polar surface area (TPSA) is 95.1 Å². The van der Waals surface area contributed by atoms with E-state index in [9.17, 15) is 4.79 Å². The van der Waals surface area contributed by atoms with Crippen LogP contribution < -0.4 is 15.9 Å². The highest BCUT2D eigenvalue weighted by Crippen LogP contribution is 2.27. The Kier molecular flexibility index (Phi) is 7.69. The first-order valence-corrected chi connectivity index (χ1v) is 11.2. The predicted octanol–water partition coefficient (Wildman–Crippen LogP) is 4.26. The van der Waals surface area contributed by atoms with Crippen LogP contribution in [0.15, 0.2) is 47.6 Å². The van der Waals surface area contributed by atoms with E-state index in [1.807, 2.05) is 31.2 Å². The Labute approximate surface area is 195 Å². The number of hydrogen-bond donors (Lipinski definition) is 2. The van der Waals surface area contributed by atoms with E-state index in [1.54, 1.807) is 32.2 Å². The molecular weight excluding hydrogens is 457 g/mol. The van der Waals surface area contributed by atoms with Crippen LogP contribution in [-0.4, -0.2) is 33.1 Å². The Balaban J connectivity index is 1.61. The summed E-state index contributed by atoms with van der Waals surface area (Å²) in [5.41, 5.74) is 1.82. The predicted molar refractivity (Wildman–Crippen MR) is 124 cm³/mol. The van der Waals surface area contributed by atoms with Gasteiger partial charge in [0.2, 0.25) is 11.1 Å². The molecule has 0 spiro atoms. The fraction of sp³-hybridized carbons (Fsp3) is 0.286. The van der Waals surface area contributed by atoms with Crippen LogP contribution in [0.1, 0.15) is 36.8 Å². The molecule has 0 aliphatic heterocycles. The van der Waals surface area contributed by atoms with Crippen molar-refractivity contribution in [2.24, 2.45) is 0 Å². The number of nitrogens with one attached hydrogen (secondary N) is 1. The van der Waals surface area contributed by atoms with Crippen molar-refractivity contribution in [3.63, 3.8) is 0 Å². The number of aromatic nitrogens is 3. The van der Waals surface area contributed by atoms with Gasteiger partial charge in [-0.05, 0) is 49.2 Å². The zero-order chi connectivity index (χ0) is 22.5. The number of thioether (sulfide) groups is 1. The quantitative estimate of drug-likeness (QED) is 0.370. The fourth-order valence-electron chi connectivity index (χ4n) is 2.91. The molecule has 10 heteroatoms. The van der Waals surface area contributed by atoms with E-state index in [1.165, 1.54) is 16.4 Å². The van der Waals surface area contributed by atoms with Crippen LogP contribution in [0, 0.1) is 0 Å². The summed E-state index contributed by atoms with van der Waals surface area (Å²) in [5, 5.41) is 12.3. The van der Waals surface area contributed by atoms with E-state index in [0.29, 0.717) is 27.4 Å². The lowest BCUT2D eigenvalue weighted by Crippen LogP contribution is -2.33. The lowest BCUT2D eigenvalue weighted by Gasteiger charge is -2.18. The minimum atomic E-state index is -0.436. The molecule has 1 amide bonds. The van der Waals surface area contributed by atoms with Crippen molar-refractivity contribution < 1.29 is 9.53 Å². The summed E-state index contributed by atoms with van der Waals surface area (Å²) in [7, 11) is 1.62. The van der Waals surface area contributed by atoms with Gasteiger partial charge in [0, 0.05) is 16.5 Å². The highest BCUT2D eigenvalue weighted by molar-refractivity contribution is 8.00. The Hall–Kier alpha value is -2.42. The number of carbonyl (C=O) groups is 1. The van der Waals surface area contributed by atoms with Gasteiger partial charge >= 0.3 is 0 Å². The zero-order valence-corrected chi connectivity index (χ0v) is 19.6. The summed E-state index contributed by atoms with van der Waals surface area (Å²) in [6.45, 7) is 3.65. The average Bonchev–Trinajstić information content (AvgIpc) is 3.07. The Morgan fingerprint density at radius 3 is 2.55 bits per heavy atom. The highest BCUT2D eigenvalue weighted by Gasteiger charge is 2.22. The lowest BCUT2D eigenvalue weighted by molar-refractivity contribution is -0.120. The van der Waals surface area contributed by atoms with Gasteiger partial charge in [-0.2, -0.15) is 0 Å². The largest absolute Gasteiger partial charge is 0.497 e. The van der Waals surface area contributed by atoms with Gasteiger partial charge in [-0.3, -0.25) is 4.79 Å². The van der Waals surface area contributed by atoms with Gasteiger partial charge in [-0.25, -0.2) is 4.68 Å². The SMILES string of the molecule is COc1ccc(Cc2nnc(S[C@@H](C)C(=O)N[C@H](C)c3ccc(Cl)cc3Cl)n2N)cc1. The normalized spacial score (nSPS) is 12.9. The van der Waals surface area contributed by atoms with Crippen LogP contribution in [-0.2, 0) is 11.2 Å². The molecule has 0 unspecified atom stereocenters. The second-order valence-electron chi connectivity index (χ2n) is 6.95. The number of rotatable bonds is 8. The number of nitrogen functional groups attached to an aromatic ring is 1. The van der Waals surface area contributed by atoms with Crippen molar-refractivity contribution in [2.45, 2.75) is 36.7 Å². The molecule has 0 fully saturated rings. The second-order valence-corrected chi connectivity index (χ2v) is 9.10. The third kappa shape index (κ3) is 5.84. The summed E-state index contributed by atoms with van der Waals surface area (Å²) < 4.78 is 6.58. The molecule has 31 heavy (non-hydrogen) atoms. The van der Waals surface area contributed by atoms with Crippen molar-refractivity contribution >= 4 is 40.9 Å². The number of nitrogens with zero attached hydrogens (tertiary/aromatic N) is 3. The molecule has 2 aromatic carbocycles. The molecule has 3 rings (SSSR count). The van der Waals surface area contributed by atoms with E-state index >= 15 is 0 Å². The van der Waals surface area contributed by atoms with Crippen molar-refractivity contribution in [2.75, 3.05) is 13.0 Å². The molecular formula is C21H23Cl2N5O2S. The molecule has 1 heterocycles. The van der Waals surface area contributed by atoms with Gasteiger partial charge < -0.3 is 15.9 Å². The highest BCUT2D eigenvalue weighted by atomic mass is 35.5. The van der Waals surface area contributed by atoms with Gasteiger partial charge in [-0.1, -0.05) is 53.2 Å². The minimum Gasteiger partial charge on any atom is -0.497 e. The molecule has 0 aliphatic carbocycles. The lowest BCUT2D eigenvalue weighted by atomic mass is 10.1. The Bertz CT molecular complexity index is 1060. The molecule has 7 nitrogen and oxygen atoms in total. The van der Waals surface area contributed by atoms with Crippen molar-refractivity contribution in [1.29, 1.82) is 0 Å². The van der Waals surface area contributed by atoms with Crippen LogP contribution >= 0.6 is 35.0 Å². The van der Waals surface area contributed by atoms with E-state index < -0.39 is 5.25 Å². The van der Waals surface area contributed by atoms with Crippen LogP contribution in [0.3, 0.4) is 0 Å². The zero-order valence-electron chi connectivity index (χ0n) is 17.3. The van der Waals surface area contributed by atoms with Crippen molar-refractivity contribution in [1.82, 2.24) is 20.2 Å². The fourth-order valence-corrected chi connectivity index (χ4v) is 4.28. The summed E-state index contributed by atoms with van der Waals surface area (Å²) in [5.74, 6) is 7.38. The van der Waals surface area contributed by atoms with Crippen molar-refractivity contribution in [3.05, 3.63) is 69.5 Å². The van der Waals surface area contributed by atoms with Gasteiger partial charge in [0.15, 0.2) is 5.82 Å². The van der Waals surface area contributed by atoms with E-state index in [0.717, 1.165) is 16.9 Å². The van der Waals surface area contributed by atoms with E-state index in [4.69, 9.17) is 33.8 Å². The minimum absolute atomic E-state index is 0.164. The maximum absolute atomic E-state index is 12.7. The number of nitrogens with two attached hydrogens (primary N) is 1. The van der Waals surface area contributed by atoms with Gasteiger partial charge in [-0.15, -0.1) is 10.2 Å². The first kappa shape index (κ1) is 23.2. The first-order valence-electron chi connectivity index (χ1n) is 9.52. The van der Waals surface area contributed by atoms with Crippen molar-refractivity contribution in [3.8, 4) is 5.75 Å². The average molecular weight is 480 g/mol. The summed E-state index contributed by atoms with van der Waals surface area (Å²) in [6, 6.07) is 12.6. The van der Waals surface area contributed by atoms with Crippen LogP contribution in [0.25, 0.3) is 0 Å². The van der Waals surface area contributed by atoms with E-state index in [-0.39, 0.29) is 11.9 Å². The van der Waals surface area contributed by atoms with Crippen LogP contribution in [0.4, 0.5) is 0 Å². The Morgan fingerprint density at radius 1 is 1.19 bits per heavy atom. The number of methoxy groups -OCH3 is 1. The summed E-state index contributed by atoms with van der Waals surface area (Å²) in [6.07, 6.45) is 0.515. The van der Waals surface area contributed by atoms with Gasteiger partial charge in [0.1, 0.15) is 5.75 Å². The van der Waals surface area contributed by atoms with E-state index in [2.05, 4.69) is 15.5 Å². The summed E-state index contributed by atoms with van der Waals surface area (Å²) in [4.78, 5) is 12.7. The maximum atomic E-state index is 12.7. The molecule has 0 saturated heterocycles. The Morgan fingerprint density at radius 2 is 1.90 bits per heavy atom.